The fourth-order valence-corrected chi connectivity index (χ4v) is 3.30. The Balaban J connectivity index is 1.58. The third-order valence-electron chi connectivity index (χ3n) is 4.82. The van der Waals surface area contributed by atoms with E-state index in [1.165, 1.54) is 11.0 Å². The first-order chi connectivity index (χ1) is 15.1. The molecule has 10 nitrogen and oxygen atoms in total. The van der Waals surface area contributed by atoms with E-state index in [4.69, 9.17) is 4.74 Å². The Morgan fingerprint density at radius 2 is 2.00 bits per heavy atom. The first-order valence-electron chi connectivity index (χ1n) is 9.80. The highest BCUT2D eigenvalue weighted by Crippen LogP contribution is 2.26. The molecule has 1 aromatic heterocycles. The van der Waals surface area contributed by atoms with Gasteiger partial charge in [0.2, 0.25) is 5.91 Å². The summed E-state index contributed by atoms with van der Waals surface area (Å²) in [7, 11) is 0. The zero-order valence-electron chi connectivity index (χ0n) is 17.1. The number of esters is 1. The van der Waals surface area contributed by atoms with Gasteiger partial charge in [0, 0.05) is 12.1 Å². The van der Waals surface area contributed by atoms with Crippen molar-refractivity contribution in [1.29, 1.82) is 0 Å². The molecule has 0 aliphatic carbocycles. The van der Waals surface area contributed by atoms with Gasteiger partial charge in [0.15, 0.2) is 0 Å². The predicted molar refractivity (Wildman–Crippen MR) is 114 cm³/mol. The number of tetrazole rings is 1. The number of nitrogens with zero attached hydrogens (tertiary/aromatic N) is 6. The van der Waals surface area contributed by atoms with Crippen molar-refractivity contribution in [3.05, 3.63) is 60.4 Å². The molecule has 2 heterocycles. The number of carbonyl (C=O) groups excluding carboxylic acids is 2. The maximum Gasteiger partial charge on any atom is 0.354 e. The fraction of sp³-hybridized carbons (Fsp3) is 0.238. The van der Waals surface area contributed by atoms with Crippen molar-refractivity contribution < 1.29 is 14.3 Å². The number of aromatic nitrogens is 4. The van der Waals surface area contributed by atoms with Crippen molar-refractivity contribution in [3.63, 3.8) is 0 Å². The molecule has 0 fully saturated rings. The molecule has 1 unspecified atom stereocenters. The van der Waals surface area contributed by atoms with Crippen LogP contribution in [0.1, 0.15) is 18.9 Å². The lowest BCUT2D eigenvalue weighted by molar-refractivity contribution is -0.135. The van der Waals surface area contributed by atoms with Gasteiger partial charge < -0.3 is 10.1 Å². The molecule has 1 atom stereocenters. The van der Waals surface area contributed by atoms with Gasteiger partial charge in [0.1, 0.15) is 18.1 Å². The molecule has 10 heteroatoms. The average molecular weight is 419 g/mol. The predicted octanol–water partition coefficient (Wildman–Crippen LogP) is 2.11. The molecule has 3 aromatic rings. The minimum absolute atomic E-state index is 0.144. The van der Waals surface area contributed by atoms with E-state index >= 15 is 0 Å². The minimum Gasteiger partial charge on any atom is -0.461 e. The van der Waals surface area contributed by atoms with E-state index in [1.807, 2.05) is 43.3 Å². The molecular formula is C21H21N7O3. The minimum atomic E-state index is -0.695. The Hall–Kier alpha value is -4.08. The van der Waals surface area contributed by atoms with Gasteiger partial charge in [0.25, 0.3) is 0 Å². The van der Waals surface area contributed by atoms with Crippen LogP contribution >= 0.6 is 0 Å². The topological polar surface area (TPSA) is 115 Å². The second-order valence-electron chi connectivity index (χ2n) is 6.91. The summed E-state index contributed by atoms with van der Waals surface area (Å²) >= 11 is 0. The summed E-state index contributed by atoms with van der Waals surface area (Å²) in [4.78, 5) is 25.4. The monoisotopic (exact) mass is 419 g/mol. The number of ether oxygens (including phenoxy) is 1. The van der Waals surface area contributed by atoms with E-state index in [1.54, 1.807) is 24.1 Å². The molecule has 158 valence electrons. The molecular weight excluding hydrogens is 398 g/mol. The summed E-state index contributed by atoms with van der Waals surface area (Å²) in [5, 5.41) is 20.1. The van der Waals surface area contributed by atoms with Gasteiger partial charge in [-0.05, 0) is 54.1 Å². The third-order valence-corrected chi connectivity index (χ3v) is 4.82. The van der Waals surface area contributed by atoms with E-state index in [0.29, 0.717) is 11.4 Å². The number of carbonyl (C=O) groups is 2. The Morgan fingerprint density at radius 3 is 2.71 bits per heavy atom. The third kappa shape index (κ3) is 4.27. The number of para-hydroxylation sites is 1. The molecule has 1 aliphatic rings. The normalized spacial score (nSPS) is 15.5. The van der Waals surface area contributed by atoms with Crippen LogP contribution in [0.5, 0.6) is 0 Å². The average Bonchev–Trinajstić information content (AvgIpc) is 3.46. The van der Waals surface area contributed by atoms with Crippen molar-refractivity contribution in [2.24, 2.45) is 5.10 Å². The lowest BCUT2D eigenvalue weighted by Crippen LogP contribution is -2.38. The molecule has 0 bridgehead atoms. The summed E-state index contributed by atoms with van der Waals surface area (Å²) in [6, 6.07) is 14.0. The summed E-state index contributed by atoms with van der Waals surface area (Å²) in [5.74, 6) is -0.812. The molecule has 0 spiro atoms. The smallest absolute Gasteiger partial charge is 0.354 e. The number of nitrogens with one attached hydrogen (secondary N) is 1. The Kier molecular flexibility index (Phi) is 5.69. The van der Waals surface area contributed by atoms with Crippen LogP contribution < -0.4 is 10.3 Å². The van der Waals surface area contributed by atoms with Crippen LogP contribution in [0.15, 0.2) is 60.0 Å². The number of benzene rings is 2. The molecule has 0 saturated carbocycles. The number of hydrogen-bond acceptors (Lipinski definition) is 8. The highest BCUT2D eigenvalue weighted by molar-refractivity contribution is 6.38. The lowest BCUT2D eigenvalue weighted by atomic mass is 10.1. The number of amides is 1. The van der Waals surface area contributed by atoms with Gasteiger partial charge >= 0.3 is 5.97 Å². The molecule has 1 N–H and O–H groups in total. The van der Waals surface area contributed by atoms with E-state index in [9.17, 15) is 9.59 Å². The number of anilines is 2. The van der Waals surface area contributed by atoms with Gasteiger partial charge in [-0.15, -0.1) is 5.10 Å². The van der Waals surface area contributed by atoms with Crippen LogP contribution in [0.4, 0.5) is 11.4 Å². The first-order valence-corrected chi connectivity index (χ1v) is 9.80. The highest BCUT2D eigenvalue weighted by atomic mass is 16.5. The van der Waals surface area contributed by atoms with Gasteiger partial charge in [0.05, 0.1) is 18.0 Å². The number of hydrazone groups is 1. The van der Waals surface area contributed by atoms with Crippen molar-refractivity contribution in [3.8, 4) is 5.69 Å². The number of rotatable bonds is 6. The fourth-order valence-electron chi connectivity index (χ4n) is 3.30. The van der Waals surface area contributed by atoms with Crippen LogP contribution in [0.3, 0.4) is 0 Å². The number of aryl methyl sites for hydroxylation is 1. The zero-order chi connectivity index (χ0) is 21.8. The van der Waals surface area contributed by atoms with Crippen LogP contribution in [0.25, 0.3) is 5.69 Å². The Bertz CT molecular complexity index is 1110. The van der Waals surface area contributed by atoms with Crippen LogP contribution in [0.2, 0.25) is 0 Å². The van der Waals surface area contributed by atoms with Crippen LogP contribution in [-0.4, -0.2) is 50.4 Å². The molecule has 0 saturated heterocycles. The van der Waals surface area contributed by atoms with E-state index in [0.717, 1.165) is 11.3 Å². The van der Waals surface area contributed by atoms with Crippen LogP contribution in [-0.2, 0) is 14.3 Å². The molecule has 1 aliphatic heterocycles. The summed E-state index contributed by atoms with van der Waals surface area (Å²) in [5.41, 5.74) is 3.20. The lowest BCUT2D eigenvalue weighted by Gasteiger charge is -2.23. The molecule has 31 heavy (non-hydrogen) atoms. The second-order valence-corrected chi connectivity index (χ2v) is 6.91. The van der Waals surface area contributed by atoms with Gasteiger partial charge in [-0.3, -0.25) is 9.80 Å². The van der Waals surface area contributed by atoms with Gasteiger partial charge in [-0.1, -0.05) is 24.3 Å². The molecule has 1 amide bonds. The van der Waals surface area contributed by atoms with Gasteiger partial charge in [-0.2, -0.15) is 5.10 Å². The summed E-state index contributed by atoms with van der Waals surface area (Å²) < 4.78 is 6.60. The maximum atomic E-state index is 13.2. The summed E-state index contributed by atoms with van der Waals surface area (Å²) in [6.45, 7) is 3.89. The van der Waals surface area contributed by atoms with Crippen molar-refractivity contribution >= 4 is 29.0 Å². The maximum absolute atomic E-state index is 13.2. The molecule has 0 radical (unpaired) electrons. The van der Waals surface area contributed by atoms with E-state index in [2.05, 4.69) is 25.9 Å². The largest absolute Gasteiger partial charge is 0.461 e. The van der Waals surface area contributed by atoms with E-state index in [-0.39, 0.29) is 24.6 Å². The van der Waals surface area contributed by atoms with Crippen molar-refractivity contribution in [2.75, 3.05) is 16.9 Å². The molecule has 2 aromatic carbocycles. The highest BCUT2D eigenvalue weighted by Gasteiger charge is 2.37. The standard InChI is InChI=1S/C21H21N7O3/c1-3-31-21(30)17-12-19(28(24-17)16-7-5-4-6-8-16)20(29)23-15-10-9-14(2)18(11-15)27-13-22-25-26-27/h4-11,13,19H,3,12H2,1-2H3,(H,23,29). The zero-order valence-corrected chi connectivity index (χ0v) is 17.1. The Labute approximate surface area is 178 Å². The van der Waals surface area contributed by atoms with Crippen molar-refractivity contribution in [1.82, 2.24) is 20.2 Å². The second kappa shape index (κ2) is 8.74. The van der Waals surface area contributed by atoms with Crippen LogP contribution in [0, 0.1) is 6.92 Å². The number of hydrogen-bond donors (Lipinski definition) is 1. The van der Waals surface area contributed by atoms with Crippen molar-refractivity contribution in [2.45, 2.75) is 26.3 Å². The first kappa shape index (κ1) is 20.2. The summed E-state index contributed by atoms with van der Waals surface area (Å²) in [6.07, 6.45) is 1.63. The Morgan fingerprint density at radius 1 is 1.19 bits per heavy atom. The SMILES string of the molecule is CCOC(=O)C1=NN(c2ccccc2)C(C(=O)Nc2ccc(C)c(-n3cnnn3)c2)C1. The quantitative estimate of drug-likeness (QED) is 0.609. The molecule has 4 rings (SSSR count). The van der Waals surface area contributed by atoms with E-state index < -0.39 is 12.0 Å². The van der Waals surface area contributed by atoms with Gasteiger partial charge in [-0.25, -0.2) is 9.48 Å².